The van der Waals surface area contributed by atoms with Gasteiger partial charge in [0, 0.05) is 15.9 Å². The van der Waals surface area contributed by atoms with E-state index in [2.05, 4.69) is 20.7 Å². The lowest BCUT2D eigenvalue weighted by molar-refractivity contribution is -0.151. The van der Waals surface area contributed by atoms with Crippen LogP contribution >= 0.6 is 27.5 Å². The number of methoxy groups -OCH3 is 1. The molecule has 1 unspecified atom stereocenters. The van der Waals surface area contributed by atoms with Gasteiger partial charge in [-0.25, -0.2) is 9.59 Å². The monoisotopic (exact) mass is 318 g/mol. The fraction of sp³-hybridized carbons (Fsp3) is 0.273. The molecule has 0 aliphatic carbocycles. The van der Waals surface area contributed by atoms with Gasteiger partial charge in [-0.2, -0.15) is 0 Å². The number of hydrogen-bond donors (Lipinski definition) is 0. The van der Waals surface area contributed by atoms with Crippen LogP contribution in [0.4, 0.5) is 0 Å². The van der Waals surface area contributed by atoms with Gasteiger partial charge in [0.1, 0.15) is 0 Å². The van der Waals surface area contributed by atoms with E-state index in [9.17, 15) is 9.59 Å². The van der Waals surface area contributed by atoms with E-state index in [0.717, 1.165) is 0 Å². The van der Waals surface area contributed by atoms with Crippen LogP contribution in [-0.2, 0) is 20.7 Å². The molecule has 0 N–H and O–H groups in total. The van der Waals surface area contributed by atoms with E-state index in [0.29, 0.717) is 20.6 Å². The summed E-state index contributed by atoms with van der Waals surface area (Å²) >= 11 is 9.16. The van der Waals surface area contributed by atoms with Crippen molar-refractivity contribution >= 4 is 39.5 Å². The van der Waals surface area contributed by atoms with E-state index >= 15 is 0 Å². The van der Waals surface area contributed by atoms with Crippen LogP contribution in [0.1, 0.15) is 15.9 Å². The minimum Gasteiger partial charge on any atom is -0.466 e. The third-order valence-corrected chi connectivity index (χ3v) is 3.41. The Morgan fingerprint density at radius 3 is 2.94 bits per heavy atom. The summed E-state index contributed by atoms with van der Waals surface area (Å²) < 4.78 is 10.2. The molecule has 1 aliphatic heterocycles. The lowest BCUT2D eigenvalue weighted by Gasteiger charge is -2.23. The van der Waals surface area contributed by atoms with E-state index < -0.39 is 18.0 Å². The topological polar surface area (TPSA) is 52.6 Å². The highest BCUT2D eigenvalue weighted by Crippen LogP contribution is 2.31. The summed E-state index contributed by atoms with van der Waals surface area (Å²) in [6, 6.07) is 3.20. The summed E-state index contributed by atoms with van der Waals surface area (Å²) in [6.45, 7) is 0. The van der Waals surface area contributed by atoms with Gasteiger partial charge in [0.2, 0.25) is 6.10 Å². The van der Waals surface area contributed by atoms with Gasteiger partial charge in [0.25, 0.3) is 0 Å². The second-order valence-electron chi connectivity index (χ2n) is 3.53. The van der Waals surface area contributed by atoms with Gasteiger partial charge in [-0.1, -0.05) is 27.5 Å². The van der Waals surface area contributed by atoms with Crippen molar-refractivity contribution in [1.82, 2.24) is 0 Å². The fourth-order valence-electron chi connectivity index (χ4n) is 1.68. The van der Waals surface area contributed by atoms with Crippen molar-refractivity contribution in [3.05, 3.63) is 32.8 Å². The molecule has 0 radical (unpaired) electrons. The van der Waals surface area contributed by atoms with Gasteiger partial charge in [-0.05, 0) is 17.7 Å². The molecule has 0 saturated carbocycles. The van der Waals surface area contributed by atoms with Crippen molar-refractivity contribution in [3.8, 4) is 0 Å². The number of benzene rings is 1. The smallest absolute Gasteiger partial charge is 0.347 e. The van der Waals surface area contributed by atoms with E-state index in [1.807, 2.05) is 0 Å². The Labute approximate surface area is 111 Å². The third kappa shape index (κ3) is 2.30. The molecule has 6 heteroatoms. The highest BCUT2D eigenvalue weighted by Gasteiger charge is 2.33. The molecule has 0 amide bonds. The number of esters is 2. The zero-order chi connectivity index (χ0) is 12.6. The van der Waals surface area contributed by atoms with Crippen LogP contribution in [0, 0.1) is 0 Å². The molecule has 0 spiro atoms. The summed E-state index contributed by atoms with van der Waals surface area (Å²) in [6.07, 6.45) is -0.608. The molecule has 1 aliphatic rings. The predicted octanol–water partition coefficient (Wildman–Crippen LogP) is 2.36. The van der Waals surface area contributed by atoms with Crippen LogP contribution < -0.4 is 0 Å². The van der Waals surface area contributed by atoms with Gasteiger partial charge >= 0.3 is 11.9 Å². The number of fused-ring (bicyclic) bond motifs is 1. The zero-order valence-corrected chi connectivity index (χ0v) is 11.2. The summed E-state index contributed by atoms with van der Waals surface area (Å²) in [5.74, 6) is -1.13. The number of carbonyl (C=O) groups excluding carboxylic acids is 2. The van der Waals surface area contributed by atoms with E-state index in [-0.39, 0.29) is 6.42 Å². The van der Waals surface area contributed by atoms with Crippen LogP contribution in [0.3, 0.4) is 0 Å². The van der Waals surface area contributed by atoms with E-state index in [1.165, 1.54) is 13.2 Å². The number of ether oxygens (including phenoxy) is 2. The molecule has 1 heterocycles. The SMILES string of the molecule is COC(=O)C1Cc2c(Br)cc(Cl)cc2C(=O)O1. The summed E-state index contributed by atoms with van der Waals surface area (Å²) in [5.41, 5.74) is 1.09. The van der Waals surface area contributed by atoms with Crippen LogP contribution in [-0.4, -0.2) is 25.2 Å². The molecule has 1 atom stereocenters. The molecule has 0 fully saturated rings. The first-order valence-corrected chi connectivity index (χ1v) is 5.96. The predicted molar refractivity (Wildman–Crippen MR) is 64.1 cm³/mol. The van der Waals surface area contributed by atoms with Gasteiger partial charge < -0.3 is 9.47 Å². The Morgan fingerprint density at radius 1 is 1.59 bits per heavy atom. The van der Waals surface area contributed by atoms with E-state index in [1.54, 1.807) is 6.07 Å². The normalized spacial score (nSPS) is 18.3. The third-order valence-electron chi connectivity index (χ3n) is 2.48. The molecule has 0 bridgehead atoms. The average Bonchev–Trinajstić information content (AvgIpc) is 2.29. The Hall–Kier alpha value is -1.07. The van der Waals surface area contributed by atoms with Gasteiger partial charge in [-0.15, -0.1) is 0 Å². The minimum absolute atomic E-state index is 0.283. The van der Waals surface area contributed by atoms with Crippen LogP contribution in [0.2, 0.25) is 5.02 Å². The Bertz CT molecular complexity index is 500. The van der Waals surface area contributed by atoms with Crippen molar-refractivity contribution in [2.24, 2.45) is 0 Å². The summed E-state index contributed by atoms with van der Waals surface area (Å²) in [7, 11) is 1.25. The molecule has 0 saturated heterocycles. The Morgan fingerprint density at radius 2 is 2.29 bits per heavy atom. The molecule has 90 valence electrons. The standard InChI is InChI=1S/C11H8BrClO4/c1-16-11(15)9-4-6-7(10(14)17-9)2-5(13)3-8(6)12/h2-3,9H,4H2,1H3. The second kappa shape index (κ2) is 4.66. The molecule has 0 aromatic heterocycles. The summed E-state index contributed by atoms with van der Waals surface area (Å²) in [4.78, 5) is 23.1. The van der Waals surface area contributed by atoms with Gasteiger partial charge in [0.15, 0.2) is 0 Å². The lowest BCUT2D eigenvalue weighted by atomic mass is 9.98. The maximum absolute atomic E-state index is 11.7. The van der Waals surface area contributed by atoms with Crippen molar-refractivity contribution in [2.75, 3.05) is 7.11 Å². The highest BCUT2D eigenvalue weighted by atomic mass is 79.9. The quantitative estimate of drug-likeness (QED) is 0.746. The Balaban J connectivity index is 2.43. The highest BCUT2D eigenvalue weighted by molar-refractivity contribution is 9.10. The largest absolute Gasteiger partial charge is 0.466 e. The van der Waals surface area contributed by atoms with Crippen molar-refractivity contribution in [1.29, 1.82) is 0 Å². The van der Waals surface area contributed by atoms with Crippen molar-refractivity contribution in [3.63, 3.8) is 0 Å². The molecule has 4 nitrogen and oxygen atoms in total. The number of carbonyl (C=O) groups is 2. The van der Waals surface area contributed by atoms with E-state index in [4.69, 9.17) is 16.3 Å². The molecule has 2 rings (SSSR count). The van der Waals surface area contributed by atoms with Gasteiger partial charge in [-0.3, -0.25) is 0 Å². The first-order valence-electron chi connectivity index (χ1n) is 4.79. The van der Waals surface area contributed by atoms with Crippen LogP contribution in [0.25, 0.3) is 0 Å². The number of halogens is 2. The molecule has 1 aromatic rings. The van der Waals surface area contributed by atoms with Gasteiger partial charge in [0.05, 0.1) is 12.7 Å². The molecule has 17 heavy (non-hydrogen) atoms. The zero-order valence-electron chi connectivity index (χ0n) is 8.83. The molecular weight excluding hydrogens is 311 g/mol. The average molecular weight is 320 g/mol. The van der Waals surface area contributed by atoms with Crippen LogP contribution in [0.15, 0.2) is 16.6 Å². The maximum atomic E-state index is 11.7. The first-order chi connectivity index (χ1) is 8.02. The fourth-order valence-corrected chi connectivity index (χ4v) is 2.65. The minimum atomic E-state index is -0.891. The number of hydrogen-bond acceptors (Lipinski definition) is 4. The molecular formula is C11H8BrClO4. The maximum Gasteiger partial charge on any atom is 0.347 e. The first kappa shape index (κ1) is 12.4. The summed E-state index contributed by atoms with van der Waals surface area (Å²) in [5, 5.41) is 0.434. The van der Waals surface area contributed by atoms with Crippen molar-refractivity contribution < 1.29 is 19.1 Å². The number of cyclic esters (lactones) is 1. The Kier molecular flexibility index (Phi) is 3.40. The second-order valence-corrected chi connectivity index (χ2v) is 4.83. The van der Waals surface area contributed by atoms with Crippen molar-refractivity contribution in [2.45, 2.75) is 12.5 Å². The molecule has 1 aromatic carbocycles. The van der Waals surface area contributed by atoms with Crippen LogP contribution in [0.5, 0.6) is 0 Å². The lowest BCUT2D eigenvalue weighted by Crippen LogP contribution is -2.35. The number of rotatable bonds is 1.